The largest absolute Gasteiger partial charge is 0.297 e. The van der Waals surface area contributed by atoms with Gasteiger partial charge in [-0.1, -0.05) is 29.4 Å². The molecule has 0 aliphatic carbocycles. The van der Waals surface area contributed by atoms with Crippen LogP contribution in [0.1, 0.15) is 13.3 Å². The fourth-order valence-corrected chi connectivity index (χ4v) is 3.02. The van der Waals surface area contributed by atoms with E-state index in [0.29, 0.717) is 0 Å². The van der Waals surface area contributed by atoms with Gasteiger partial charge in [-0.25, -0.2) is 0 Å². The summed E-state index contributed by atoms with van der Waals surface area (Å²) in [7, 11) is 0. The van der Waals surface area contributed by atoms with E-state index >= 15 is 0 Å². The summed E-state index contributed by atoms with van der Waals surface area (Å²) in [6.07, 6.45) is 1.29. The van der Waals surface area contributed by atoms with Gasteiger partial charge in [-0.15, -0.1) is 0 Å². The van der Waals surface area contributed by atoms with E-state index in [1.54, 1.807) is 0 Å². The molecule has 1 aliphatic rings. The second kappa shape index (κ2) is 5.30. The Morgan fingerprint density at radius 1 is 1.75 bits per heavy atom. The van der Waals surface area contributed by atoms with E-state index in [4.69, 9.17) is 0 Å². The maximum Gasteiger partial charge on any atom is 0.0294 e. The lowest BCUT2D eigenvalue weighted by Gasteiger charge is -2.31. The molecule has 0 spiro atoms. The number of halogens is 1. The summed E-state index contributed by atoms with van der Waals surface area (Å²) in [5, 5.41) is 0.839. The van der Waals surface area contributed by atoms with Crippen LogP contribution in [0.4, 0.5) is 0 Å². The van der Waals surface area contributed by atoms with Crippen LogP contribution in [0.3, 0.4) is 0 Å². The second-order valence-electron chi connectivity index (χ2n) is 3.15. The summed E-state index contributed by atoms with van der Waals surface area (Å²) < 4.78 is 1.10. The Morgan fingerprint density at radius 2 is 2.50 bits per heavy atom. The van der Waals surface area contributed by atoms with Gasteiger partial charge >= 0.3 is 0 Å². The van der Waals surface area contributed by atoms with Gasteiger partial charge in [0.05, 0.1) is 0 Å². The number of hydrogen-bond acceptors (Lipinski definition) is 2. The normalized spacial score (nSPS) is 25.7. The summed E-state index contributed by atoms with van der Waals surface area (Å²) in [5.74, 6) is 1.28. The molecule has 0 aromatic carbocycles. The second-order valence-corrected chi connectivity index (χ2v) is 5.68. The molecule has 12 heavy (non-hydrogen) atoms. The first kappa shape index (κ1) is 10.6. The molecule has 70 valence electrons. The molecule has 0 bridgehead atoms. The third-order valence-electron chi connectivity index (χ3n) is 2.07. The highest BCUT2D eigenvalue weighted by atomic mass is 79.9. The molecule has 1 heterocycles. The Hall–Kier alpha value is 0.530. The summed E-state index contributed by atoms with van der Waals surface area (Å²) >= 11 is 5.52. The van der Waals surface area contributed by atoms with Crippen LogP contribution in [0.25, 0.3) is 0 Å². The minimum absolute atomic E-state index is 0.839. The first-order valence-electron chi connectivity index (χ1n) is 4.39. The Balaban J connectivity index is 2.30. The zero-order valence-electron chi connectivity index (χ0n) is 7.55. The molecule has 0 aromatic heterocycles. The van der Waals surface area contributed by atoms with Gasteiger partial charge in [-0.05, 0) is 6.42 Å². The van der Waals surface area contributed by atoms with Gasteiger partial charge in [-0.2, -0.15) is 11.8 Å². The molecule has 3 heteroatoms. The standard InChI is InChI=1S/C9H16BrNS/c1-3-9-7-11(4-5-12-9)6-8(2)10/h9H,2-7H2,1H3. The van der Waals surface area contributed by atoms with E-state index in [0.717, 1.165) is 16.3 Å². The van der Waals surface area contributed by atoms with Crippen LogP contribution in [0, 0.1) is 0 Å². The predicted octanol–water partition coefficient (Wildman–Crippen LogP) is 2.72. The van der Waals surface area contributed by atoms with Gasteiger partial charge in [0, 0.05) is 35.1 Å². The highest BCUT2D eigenvalue weighted by Gasteiger charge is 2.18. The Labute approximate surface area is 87.7 Å². The zero-order chi connectivity index (χ0) is 8.97. The smallest absolute Gasteiger partial charge is 0.0294 e. The van der Waals surface area contributed by atoms with E-state index in [-0.39, 0.29) is 0 Å². The number of hydrogen-bond donors (Lipinski definition) is 0. The predicted molar refractivity (Wildman–Crippen MR) is 61.0 cm³/mol. The monoisotopic (exact) mass is 249 g/mol. The Bertz CT molecular complexity index is 161. The van der Waals surface area contributed by atoms with Crippen LogP contribution in [0.5, 0.6) is 0 Å². The third-order valence-corrected chi connectivity index (χ3v) is 3.70. The molecule has 1 aliphatic heterocycles. The number of thioether (sulfide) groups is 1. The Kier molecular flexibility index (Phi) is 4.69. The van der Waals surface area contributed by atoms with Crippen molar-refractivity contribution in [2.75, 3.05) is 25.4 Å². The molecule has 0 aromatic rings. The zero-order valence-corrected chi connectivity index (χ0v) is 9.96. The molecule has 1 nitrogen and oxygen atoms in total. The van der Waals surface area contributed by atoms with E-state index in [1.807, 2.05) is 0 Å². The lowest BCUT2D eigenvalue weighted by atomic mass is 10.3. The molecule has 0 radical (unpaired) electrons. The Morgan fingerprint density at radius 3 is 3.08 bits per heavy atom. The van der Waals surface area contributed by atoms with Gasteiger partial charge in [0.15, 0.2) is 0 Å². The molecule has 0 amide bonds. The van der Waals surface area contributed by atoms with Gasteiger partial charge in [0.25, 0.3) is 0 Å². The fourth-order valence-electron chi connectivity index (χ4n) is 1.41. The molecule has 1 fully saturated rings. The van der Waals surface area contributed by atoms with E-state index in [1.165, 1.54) is 25.3 Å². The van der Waals surface area contributed by atoms with Crippen LogP contribution in [-0.2, 0) is 0 Å². The summed E-state index contributed by atoms with van der Waals surface area (Å²) in [5.41, 5.74) is 0. The van der Waals surface area contributed by atoms with Crippen LogP contribution in [0.15, 0.2) is 11.1 Å². The third kappa shape index (κ3) is 3.50. The van der Waals surface area contributed by atoms with Crippen molar-refractivity contribution in [2.24, 2.45) is 0 Å². The SMILES string of the molecule is C=C(Br)CN1CCSC(CC)C1. The molecule has 1 saturated heterocycles. The first-order valence-corrected chi connectivity index (χ1v) is 6.23. The molecule has 0 N–H and O–H groups in total. The summed E-state index contributed by atoms with van der Waals surface area (Å²) in [4.78, 5) is 2.47. The fraction of sp³-hybridized carbons (Fsp3) is 0.778. The van der Waals surface area contributed by atoms with E-state index < -0.39 is 0 Å². The molecular weight excluding hydrogens is 234 g/mol. The minimum Gasteiger partial charge on any atom is -0.297 e. The van der Waals surface area contributed by atoms with Crippen molar-refractivity contribution in [3.63, 3.8) is 0 Å². The highest BCUT2D eigenvalue weighted by molar-refractivity contribution is 9.11. The topological polar surface area (TPSA) is 3.24 Å². The van der Waals surface area contributed by atoms with Crippen molar-refractivity contribution in [2.45, 2.75) is 18.6 Å². The summed E-state index contributed by atoms with van der Waals surface area (Å²) in [6.45, 7) is 9.59. The molecule has 1 atom stereocenters. The average Bonchev–Trinajstić information content (AvgIpc) is 2.03. The van der Waals surface area contributed by atoms with Crippen LogP contribution in [0.2, 0.25) is 0 Å². The lowest BCUT2D eigenvalue weighted by Crippen LogP contribution is -2.38. The highest BCUT2D eigenvalue weighted by Crippen LogP contribution is 2.21. The lowest BCUT2D eigenvalue weighted by molar-refractivity contribution is 0.309. The maximum atomic E-state index is 3.87. The van der Waals surface area contributed by atoms with Gasteiger partial charge in [-0.3, -0.25) is 4.90 Å². The maximum absolute atomic E-state index is 3.87. The summed E-state index contributed by atoms with van der Waals surface area (Å²) in [6, 6.07) is 0. The quantitative estimate of drug-likeness (QED) is 0.757. The minimum atomic E-state index is 0.839. The first-order chi connectivity index (χ1) is 5.72. The van der Waals surface area contributed by atoms with Crippen molar-refractivity contribution in [1.82, 2.24) is 4.90 Å². The van der Waals surface area contributed by atoms with Crippen molar-refractivity contribution < 1.29 is 0 Å². The van der Waals surface area contributed by atoms with Crippen LogP contribution >= 0.6 is 27.7 Å². The molecule has 0 saturated carbocycles. The molecular formula is C9H16BrNS. The average molecular weight is 250 g/mol. The number of rotatable bonds is 3. The van der Waals surface area contributed by atoms with Gasteiger partial charge in [0.2, 0.25) is 0 Å². The van der Waals surface area contributed by atoms with Crippen LogP contribution in [-0.4, -0.2) is 35.5 Å². The molecule has 1 rings (SSSR count). The van der Waals surface area contributed by atoms with E-state index in [2.05, 4.69) is 46.1 Å². The van der Waals surface area contributed by atoms with Gasteiger partial charge < -0.3 is 0 Å². The van der Waals surface area contributed by atoms with Crippen molar-refractivity contribution >= 4 is 27.7 Å². The van der Waals surface area contributed by atoms with E-state index in [9.17, 15) is 0 Å². The molecule has 1 unspecified atom stereocenters. The van der Waals surface area contributed by atoms with Crippen molar-refractivity contribution in [3.8, 4) is 0 Å². The van der Waals surface area contributed by atoms with Crippen LogP contribution < -0.4 is 0 Å². The van der Waals surface area contributed by atoms with Gasteiger partial charge in [0.1, 0.15) is 0 Å². The van der Waals surface area contributed by atoms with Crippen molar-refractivity contribution in [1.29, 1.82) is 0 Å². The van der Waals surface area contributed by atoms with Crippen molar-refractivity contribution in [3.05, 3.63) is 11.1 Å². The number of nitrogens with zero attached hydrogens (tertiary/aromatic N) is 1.